The maximum atomic E-state index is 12.6. The number of rotatable bonds is 68. The zero-order valence-electron chi connectivity index (χ0n) is 53.6. The average Bonchev–Trinajstić information content (AvgIpc) is 3.45. The van der Waals surface area contributed by atoms with Gasteiger partial charge >= 0.3 is 5.97 Å². The van der Waals surface area contributed by atoms with Gasteiger partial charge in [0.05, 0.1) is 25.4 Å². The van der Waals surface area contributed by atoms with Crippen molar-refractivity contribution in [2.75, 3.05) is 13.2 Å². The van der Waals surface area contributed by atoms with Crippen molar-refractivity contribution in [2.24, 2.45) is 0 Å². The fraction of sp³-hybridized carbons (Fsp3) is 0.918. The fourth-order valence-corrected chi connectivity index (χ4v) is 11.5. The first-order valence-electron chi connectivity index (χ1n) is 36.1. The van der Waals surface area contributed by atoms with Gasteiger partial charge in [0.25, 0.3) is 0 Å². The molecule has 2 unspecified atom stereocenters. The normalized spacial score (nSPS) is 12.6. The lowest BCUT2D eigenvalue weighted by molar-refractivity contribution is -0.143. The molecule has 6 heteroatoms. The molecule has 0 aliphatic carbocycles. The standard InChI is InChI=1S/C73H141NO5/c1-3-5-7-9-11-13-15-17-19-21-23-24-25-26-30-33-37-41-45-49-53-57-61-65-71(76)70(69-75)74-72(77)66-62-58-54-50-46-42-38-34-31-27-28-32-36-40-44-48-52-56-60-64-68-79-73(78)67-63-59-55-51-47-43-39-35-29-22-20-18-16-14-12-10-8-6-4-2/h12,14,18,20,70-71,75-76H,3-11,13,15-17,19,21-69H2,1-2H3,(H,74,77)/b14-12-,20-18-. The summed E-state index contributed by atoms with van der Waals surface area (Å²) >= 11 is 0. The summed E-state index contributed by atoms with van der Waals surface area (Å²) in [6, 6.07) is -0.544. The number of carbonyl (C=O) groups excluding carboxylic acids is 2. The highest BCUT2D eigenvalue weighted by molar-refractivity contribution is 5.76. The molecule has 0 fully saturated rings. The number of aliphatic hydroxyl groups is 2. The van der Waals surface area contributed by atoms with Gasteiger partial charge in [0.2, 0.25) is 5.91 Å². The van der Waals surface area contributed by atoms with Gasteiger partial charge in [0.1, 0.15) is 0 Å². The van der Waals surface area contributed by atoms with E-state index in [-0.39, 0.29) is 18.5 Å². The molecule has 0 saturated heterocycles. The van der Waals surface area contributed by atoms with E-state index in [0.717, 1.165) is 51.4 Å². The van der Waals surface area contributed by atoms with Gasteiger partial charge in [-0.15, -0.1) is 0 Å². The maximum absolute atomic E-state index is 12.6. The van der Waals surface area contributed by atoms with Crippen molar-refractivity contribution < 1.29 is 24.5 Å². The molecular weight excluding hydrogens is 971 g/mol. The number of esters is 1. The van der Waals surface area contributed by atoms with Gasteiger partial charge in [-0.2, -0.15) is 0 Å². The topological polar surface area (TPSA) is 95.9 Å². The van der Waals surface area contributed by atoms with Gasteiger partial charge in [0.15, 0.2) is 0 Å². The van der Waals surface area contributed by atoms with Gasteiger partial charge in [-0.25, -0.2) is 0 Å². The molecule has 3 N–H and O–H groups in total. The summed E-state index contributed by atoms with van der Waals surface area (Å²) in [7, 11) is 0. The number of nitrogens with one attached hydrogen (secondary N) is 1. The van der Waals surface area contributed by atoms with Crippen LogP contribution in [0.2, 0.25) is 0 Å². The quantitative estimate of drug-likeness (QED) is 0.0320. The predicted molar refractivity (Wildman–Crippen MR) is 347 cm³/mol. The Morgan fingerprint density at radius 2 is 0.633 bits per heavy atom. The lowest BCUT2D eigenvalue weighted by Crippen LogP contribution is -2.45. The van der Waals surface area contributed by atoms with Crippen molar-refractivity contribution in [1.29, 1.82) is 0 Å². The molecule has 6 nitrogen and oxygen atoms in total. The maximum Gasteiger partial charge on any atom is 0.305 e. The molecule has 0 rings (SSSR count). The summed E-state index contributed by atoms with van der Waals surface area (Å²) in [5.41, 5.74) is 0. The number of aliphatic hydroxyl groups excluding tert-OH is 2. The molecule has 79 heavy (non-hydrogen) atoms. The summed E-state index contributed by atoms with van der Waals surface area (Å²) < 4.78 is 5.51. The third-order valence-electron chi connectivity index (χ3n) is 17.0. The summed E-state index contributed by atoms with van der Waals surface area (Å²) in [5.74, 6) is -0.0239. The monoisotopic (exact) mass is 1110 g/mol. The van der Waals surface area contributed by atoms with Gasteiger partial charge in [-0.1, -0.05) is 359 Å². The van der Waals surface area contributed by atoms with Crippen molar-refractivity contribution in [3.63, 3.8) is 0 Å². The third-order valence-corrected chi connectivity index (χ3v) is 17.0. The first-order valence-corrected chi connectivity index (χ1v) is 36.1. The number of amides is 1. The Morgan fingerprint density at radius 3 is 0.987 bits per heavy atom. The Kier molecular flexibility index (Phi) is 67.4. The highest BCUT2D eigenvalue weighted by Crippen LogP contribution is 2.19. The second-order valence-corrected chi connectivity index (χ2v) is 24.9. The molecule has 0 radical (unpaired) electrons. The molecule has 468 valence electrons. The van der Waals surface area contributed by atoms with Crippen molar-refractivity contribution in [3.8, 4) is 0 Å². The minimum Gasteiger partial charge on any atom is -0.466 e. The van der Waals surface area contributed by atoms with Crippen LogP contribution >= 0.6 is 0 Å². The zero-order valence-corrected chi connectivity index (χ0v) is 53.6. The molecule has 0 aromatic heterocycles. The molecule has 0 heterocycles. The van der Waals surface area contributed by atoms with Crippen molar-refractivity contribution in [3.05, 3.63) is 24.3 Å². The van der Waals surface area contributed by atoms with E-state index in [1.807, 2.05) is 0 Å². The SMILES string of the molecule is CCCCC/C=C\C/C=C\CCCCCCCCCCCC(=O)OCCCCCCCCCCCCCCCCCCCCCCC(=O)NC(CO)C(O)CCCCCCCCCCCCCCCCCCCCCCCCC. The number of carbonyl (C=O) groups is 2. The number of unbranched alkanes of at least 4 members (excludes halogenated alkanes) is 53. The molecule has 0 aliphatic heterocycles. The Hall–Kier alpha value is -1.66. The van der Waals surface area contributed by atoms with E-state index < -0.39 is 12.1 Å². The van der Waals surface area contributed by atoms with E-state index in [4.69, 9.17) is 4.74 Å². The number of ether oxygens (including phenoxy) is 1. The molecular formula is C73H141NO5. The Balaban J connectivity index is 3.38. The van der Waals surface area contributed by atoms with Crippen LogP contribution in [-0.2, 0) is 14.3 Å². The van der Waals surface area contributed by atoms with Crippen LogP contribution in [0.3, 0.4) is 0 Å². The smallest absolute Gasteiger partial charge is 0.305 e. The van der Waals surface area contributed by atoms with Gasteiger partial charge in [-0.3, -0.25) is 9.59 Å². The average molecular weight is 1110 g/mol. The highest BCUT2D eigenvalue weighted by atomic mass is 16.5. The first kappa shape index (κ1) is 77.3. The lowest BCUT2D eigenvalue weighted by atomic mass is 10.0. The first-order chi connectivity index (χ1) is 39.0. The molecule has 0 saturated carbocycles. The molecule has 0 aromatic rings. The van der Waals surface area contributed by atoms with Crippen LogP contribution in [0.15, 0.2) is 24.3 Å². The number of allylic oxidation sites excluding steroid dienone is 4. The van der Waals surface area contributed by atoms with E-state index in [2.05, 4.69) is 43.5 Å². The van der Waals surface area contributed by atoms with Crippen LogP contribution in [0, 0.1) is 0 Å². The summed E-state index contributed by atoms with van der Waals surface area (Å²) in [6.45, 7) is 4.96. The summed E-state index contributed by atoms with van der Waals surface area (Å²) in [4.78, 5) is 24.7. The molecule has 1 amide bonds. The van der Waals surface area contributed by atoms with E-state index in [1.165, 1.54) is 321 Å². The van der Waals surface area contributed by atoms with Crippen LogP contribution in [0.5, 0.6) is 0 Å². The highest BCUT2D eigenvalue weighted by Gasteiger charge is 2.20. The van der Waals surface area contributed by atoms with Gasteiger partial charge in [-0.05, 0) is 57.8 Å². The van der Waals surface area contributed by atoms with Crippen LogP contribution in [0.25, 0.3) is 0 Å². The molecule has 0 spiro atoms. The van der Waals surface area contributed by atoms with Gasteiger partial charge < -0.3 is 20.3 Å². The number of hydrogen-bond acceptors (Lipinski definition) is 5. The Labute approximate surface area is 494 Å². The second-order valence-electron chi connectivity index (χ2n) is 24.9. The molecule has 0 aromatic carbocycles. The Bertz CT molecular complexity index is 1230. The van der Waals surface area contributed by atoms with Gasteiger partial charge in [0, 0.05) is 12.8 Å². The zero-order chi connectivity index (χ0) is 57.1. The minimum atomic E-state index is -0.667. The Morgan fingerprint density at radius 1 is 0.354 bits per heavy atom. The molecule has 0 bridgehead atoms. The molecule has 2 atom stereocenters. The van der Waals surface area contributed by atoms with Crippen molar-refractivity contribution in [1.82, 2.24) is 5.32 Å². The summed E-state index contributed by atoms with van der Waals surface area (Å²) in [5, 5.41) is 23.4. The third kappa shape index (κ3) is 65.4. The number of hydrogen-bond donors (Lipinski definition) is 3. The van der Waals surface area contributed by atoms with E-state index in [0.29, 0.717) is 25.9 Å². The van der Waals surface area contributed by atoms with Crippen LogP contribution in [0.4, 0.5) is 0 Å². The van der Waals surface area contributed by atoms with Crippen LogP contribution in [-0.4, -0.2) is 47.4 Å². The predicted octanol–water partition coefficient (Wildman–Crippen LogP) is 23.3. The molecule has 0 aliphatic rings. The van der Waals surface area contributed by atoms with Crippen molar-refractivity contribution >= 4 is 11.9 Å². The van der Waals surface area contributed by atoms with E-state index in [1.54, 1.807) is 0 Å². The largest absolute Gasteiger partial charge is 0.466 e. The minimum absolute atomic E-state index is 0.00810. The second kappa shape index (κ2) is 68.8. The summed E-state index contributed by atoms with van der Waals surface area (Å²) in [6.07, 6.45) is 86.5. The van der Waals surface area contributed by atoms with Crippen LogP contribution < -0.4 is 5.32 Å². The van der Waals surface area contributed by atoms with Crippen molar-refractivity contribution in [2.45, 2.75) is 418 Å². The van der Waals surface area contributed by atoms with E-state index in [9.17, 15) is 19.8 Å². The van der Waals surface area contributed by atoms with E-state index >= 15 is 0 Å². The van der Waals surface area contributed by atoms with Crippen LogP contribution in [0.1, 0.15) is 406 Å². The fourth-order valence-electron chi connectivity index (χ4n) is 11.5. The lowest BCUT2D eigenvalue weighted by Gasteiger charge is -2.22.